The molecule has 0 aliphatic carbocycles. The van der Waals surface area contributed by atoms with Gasteiger partial charge in [0.05, 0.1) is 12.3 Å². The summed E-state index contributed by atoms with van der Waals surface area (Å²) in [7, 11) is 0. The number of carbonyl (C=O) groups excluding carboxylic acids is 2. The third kappa shape index (κ3) is 4.06. The van der Waals surface area contributed by atoms with Crippen molar-refractivity contribution >= 4 is 23.2 Å². The molecule has 2 heterocycles. The van der Waals surface area contributed by atoms with Crippen LogP contribution < -0.4 is 14.5 Å². The fourth-order valence-corrected chi connectivity index (χ4v) is 4.03. The highest BCUT2D eigenvalue weighted by molar-refractivity contribution is 5.97. The summed E-state index contributed by atoms with van der Waals surface area (Å²) in [5.74, 6) is 1.09. The van der Waals surface area contributed by atoms with Crippen molar-refractivity contribution in [1.29, 1.82) is 0 Å². The summed E-state index contributed by atoms with van der Waals surface area (Å²) in [4.78, 5) is 30.8. The number of rotatable bonds is 5. The Labute approximate surface area is 171 Å². The fraction of sp³-hybridized carbons (Fsp3) is 0.391. The number of nitrogens with zero attached hydrogens (tertiary/aromatic N) is 3. The number of carbonyl (C=O) groups is 2. The van der Waals surface area contributed by atoms with Crippen LogP contribution in [-0.2, 0) is 4.79 Å². The molecule has 0 N–H and O–H groups in total. The molecule has 2 saturated heterocycles. The number of anilines is 2. The van der Waals surface area contributed by atoms with E-state index in [1.165, 1.54) is 0 Å². The molecule has 0 atom stereocenters. The Hall–Kier alpha value is -3.02. The van der Waals surface area contributed by atoms with E-state index in [0.717, 1.165) is 43.2 Å². The standard InChI is InChI=1S/C23H27N3O3/c1-2-29-21-7-4-3-6-20(21)24-14-16-25(17-15-24)23(28)18-9-11-19(12-10-18)26-13-5-8-22(26)27/h3-4,6-7,9-12H,2,5,8,13-17H2,1H3. The smallest absolute Gasteiger partial charge is 0.253 e. The van der Waals surface area contributed by atoms with Crippen LogP contribution in [0.15, 0.2) is 48.5 Å². The molecule has 2 aromatic rings. The van der Waals surface area contributed by atoms with Crippen molar-refractivity contribution in [2.75, 3.05) is 49.1 Å². The highest BCUT2D eigenvalue weighted by atomic mass is 16.5. The molecule has 6 heteroatoms. The van der Waals surface area contributed by atoms with E-state index in [4.69, 9.17) is 4.74 Å². The Bertz CT molecular complexity index is 873. The van der Waals surface area contributed by atoms with E-state index in [1.54, 1.807) is 4.90 Å². The van der Waals surface area contributed by atoms with E-state index < -0.39 is 0 Å². The maximum absolute atomic E-state index is 12.9. The molecule has 0 saturated carbocycles. The van der Waals surface area contributed by atoms with Crippen LogP contribution in [0.5, 0.6) is 5.75 Å². The first kappa shape index (κ1) is 19.3. The number of para-hydroxylation sites is 2. The first-order valence-corrected chi connectivity index (χ1v) is 10.3. The van der Waals surface area contributed by atoms with Gasteiger partial charge in [-0.05, 0) is 49.7 Å². The number of ether oxygens (including phenoxy) is 1. The summed E-state index contributed by atoms with van der Waals surface area (Å²) in [5, 5.41) is 0. The van der Waals surface area contributed by atoms with E-state index in [9.17, 15) is 9.59 Å². The highest BCUT2D eigenvalue weighted by Crippen LogP contribution is 2.29. The number of amides is 2. The van der Waals surface area contributed by atoms with Crippen LogP contribution in [0.25, 0.3) is 0 Å². The summed E-state index contributed by atoms with van der Waals surface area (Å²) >= 11 is 0. The summed E-state index contributed by atoms with van der Waals surface area (Å²) in [5.41, 5.74) is 2.63. The molecule has 152 valence electrons. The zero-order chi connectivity index (χ0) is 20.2. The van der Waals surface area contributed by atoms with Gasteiger partial charge in [-0.25, -0.2) is 0 Å². The Morgan fingerprint density at radius 3 is 2.34 bits per heavy atom. The van der Waals surface area contributed by atoms with Crippen LogP contribution >= 0.6 is 0 Å². The van der Waals surface area contributed by atoms with E-state index >= 15 is 0 Å². The van der Waals surface area contributed by atoms with E-state index in [0.29, 0.717) is 31.7 Å². The molecule has 0 radical (unpaired) electrons. The van der Waals surface area contributed by atoms with Gasteiger partial charge in [-0.15, -0.1) is 0 Å². The second-order valence-electron chi connectivity index (χ2n) is 7.38. The predicted molar refractivity (Wildman–Crippen MR) is 114 cm³/mol. The van der Waals surface area contributed by atoms with Crippen LogP contribution in [0.1, 0.15) is 30.1 Å². The minimum Gasteiger partial charge on any atom is -0.492 e. The molecule has 0 aromatic heterocycles. The van der Waals surface area contributed by atoms with Gasteiger partial charge in [0, 0.05) is 50.4 Å². The minimum atomic E-state index is 0.0436. The largest absolute Gasteiger partial charge is 0.492 e. The number of hydrogen-bond acceptors (Lipinski definition) is 4. The van der Waals surface area contributed by atoms with Gasteiger partial charge in [0.1, 0.15) is 5.75 Å². The Balaban J connectivity index is 1.38. The quantitative estimate of drug-likeness (QED) is 0.783. The zero-order valence-electron chi connectivity index (χ0n) is 16.8. The second-order valence-corrected chi connectivity index (χ2v) is 7.38. The van der Waals surface area contributed by atoms with Crippen molar-refractivity contribution < 1.29 is 14.3 Å². The van der Waals surface area contributed by atoms with Gasteiger partial charge in [-0.3, -0.25) is 9.59 Å². The lowest BCUT2D eigenvalue weighted by molar-refractivity contribution is -0.117. The summed E-state index contributed by atoms with van der Waals surface area (Å²) in [6.45, 7) is 6.27. The van der Waals surface area contributed by atoms with E-state index in [1.807, 2.05) is 54.3 Å². The first-order valence-electron chi connectivity index (χ1n) is 10.3. The van der Waals surface area contributed by atoms with Gasteiger partial charge in [0.15, 0.2) is 0 Å². The van der Waals surface area contributed by atoms with Gasteiger partial charge in [-0.2, -0.15) is 0 Å². The predicted octanol–water partition coefficient (Wildman–Crippen LogP) is 3.17. The lowest BCUT2D eigenvalue weighted by atomic mass is 10.1. The van der Waals surface area contributed by atoms with Crippen molar-refractivity contribution in [2.24, 2.45) is 0 Å². The molecule has 4 rings (SSSR count). The average molecular weight is 393 g/mol. The monoisotopic (exact) mass is 393 g/mol. The molecule has 0 bridgehead atoms. The molecule has 2 aliphatic heterocycles. The van der Waals surface area contributed by atoms with Gasteiger partial charge < -0.3 is 19.4 Å². The molecule has 29 heavy (non-hydrogen) atoms. The average Bonchev–Trinajstić information content (AvgIpc) is 3.20. The Morgan fingerprint density at radius 1 is 0.966 bits per heavy atom. The van der Waals surface area contributed by atoms with E-state index in [2.05, 4.69) is 11.0 Å². The molecule has 2 fully saturated rings. The van der Waals surface area contributed by atoms with Crippen LogP contribution in [0, 0.1) is 0 Å². The lowest BCUT2D eigenvalue weighted by Crippen LogP contribution is -2.48. The lowest BCUT2D eigenvalue weighted by Gasteiger charge is -2.36. The molecular weight excluding hydrogens is 366 g/mol. The van der Waals surface area contributed by atoms with Gasteiger partial charge in [-0.1, -0.05) is 12.1 Å². The molecule has 2 aromatic carbocycles. The van der Waals surface area contributed by atoms with E-state index in [-0.39, 0.29) is 11.8 Å². The van der Waals surface area contributed by atoms with Crippen LogP contribution in [-0.4, -0.2) is 56.0 Å². The van der Waals surface area contributed by atoms with Gasteiger partial charge >= 0.3 is 0 Å². The molecule has 6 nitrogen and oxygen atoms in total. The number of piperazine rings is 1. The van der Waals surface area contributed by atoms with Crippen molar-refractivity contribution in [3.8, 4) is 5.75 Å². The molecule has 2 aliphatic rings. The topological polar surface area (TPSA) is 53.1 Å². The van der Waals surface area contributed by atoms with Crippen molar-refractivity contribution in [3.63, 3.8) is 0 Å². The zero-order valence-corrected chi connectivity index (χ0v) is 16.8. The van der Waals surface area contributed by atoms with Crippen molar-refractivity contribution in [3.05, 3.63) is 54.1 Å². The maximum Gasteiger partial charge on any atom is 0.253 e. The normalized spacial score (nSPS) is 17.0. The number of benzene rings is 2. The molecule has 0 unspecified atom stereocenters. The Kier molecular flexibility index (Phi) is 5.69. The van der Waals surface area contributed by atoms with Gasteiger partial charge in [0.2, 0.25) is 5.91 Å². The summed E-state index contributed by atoms with van der Waals surface area (Å²) in [6.07, 6.45) is 1.51. The fourth-order valence-electron chi connectivity index (χ4n) is 4.03. The molecular formula is C23H27N3O3. The third-order valence-electron chi connectivity index (χ3n) is 5.57. The van der Waals surface area contributed by atoms with Crippen LogP contribution in [0.2, 0.25) is 0 Å². The summed E-state index contributed by atoms with van der Waals surface area (Å²) in [6, 6.07) is 15.5. The van der Waals surface area contributed by atoms with Crippen molar-refractivity contribution in [2.45, 2.75) is 19.8 Å². The summed E-state index contributed by atoms with van der Waals surface area (Å²) < 4.78 is 5.74. The van der Waals surface area contributed by atoms with Crippen molar-refractivity contribution in [1.82, 2.24) is 4.90 Å². The first-order chi connectivity index (χ1) is 14.2. The number of hydrogen-bond donors (Lipinski definition) is 0. The highest BCUT2D eigenvalue weighted by Gasteiger charge is 2.25. The Morgan fingerprint density at radius 2 is 1.69 bits per heavy atom. The molecule has 0 spiro atoms. The van der Waals surface area contributed by atoms with Gasteiger partial charge in [0.25, 0.3) is 5.91 Å². The minimum absolute atomic E-state index is 0.0436. The SMILES string of the molecule is CCOc1ccccc1N1CCN(C(=O)c2ccc(N3CCCC3=O)cc2)CC1. The van der Waals surface area contributed by atoms with Crippen LogP contribution in [0.3, 0.4) is 0 Å². The maximum atomic E-state index is 12.9. The molecule has 2 amide bonds. The van der Waals surface area contributed by atoms with Crippen LogP contribution in [0.4, 0.5) is 11.4 Å². The third-order valence-corrected chi connectivity index (χ3v) is 5.57. The second kappa shape index (κ2) is 8.55.